The Balaban J connectivity index is 1.63. The second-order valence-corrected chi connectivity index (χ2v) is 14.4. The van der Waals surface area contributed by atoms with Crippen molar-refractivity contribution in [1.82, 2.24) is 4.90 Å². The van der Waals surface area contributed by atoms with Gasteiger partial charge in [0, 0.05) is 16.6 Å². The van der Waals surface area contributed by atoms with Gasteiger partial charge in [0.15, 0.2) is 0 Å². The summed E-state index contributed by atoms with van der Waals surface area (Å²) in [4.78, 5) is 46.2. The molecule has 7 atom stereocenters. The largest absolute Gasteiger partial charge is 0.465 e. The molecule has 3 fully saturated rings. The molecular formula is C33H36BrClN2O5S. The number of aliphatic hydroxyl groups excluding tert-OH is 1. The van der Waals surface area contributed by atoms with Crippen LogP contribution in [0.25, 0.3) is 0 Å². The van der Waals surface area contributed by atoms with Crippen molar-refractivity contribution in [1.29, 1.82) is 0 Å². The van der Waals surface area contributed by atoms with Crippen LogP contribution in [0.5, 0.6) is 0 Å². The first-order chi connectivity index (χ1) is 20.7. The monoisotopic (exact) mass is 686 g/mol. The van der Waals surface area contributed by atoms with Gasteiger partial charge in [-0.3, -0.25) is 14.4 Å². The Morgan fingerprint density at radius 2 is 1.98 bits per heavy atom. The van der Waals surface area contributed by atoms with Gasteiger partial charge >= 0.3 is 5.97 Å². The number of esters is 1. The molecule has 3 aliphatic rings. The maximum atomic E-state index is 15.0. The number of aliphatic hydroxyl groups is 1. The Bertz CT molecular complexity index is 1390. The molecule has 0 radical (unpaired) electrons. The minimum Gasteiger partial charge on any atom is -0.465 e. The third-order valence-corrected chi connectivity index (χ3v) is 12.3. The Kier molecular flexibility index (Phi) is 9.76. The van der Waals surface area contributed by atoms with Crippen molar-refractivity contribution in [2.24, 2.45) is 11.8 Å². The van der Waals surface area contributed by atoms with Gasteiger partial charge in [-0.15, -0.1) is 24.9 Å². The van der Waals surface area contributed by atoms with E-state index in [1.165, 1.54) is 11.8 Å². The summed E-state index contributed by atoms with van der Waals surface area (Å²) < 4.78 is 4.72. The summed E-state index contributed by atoms with van der Waals surface area (Å²) >= 11 is 12.0. The molecule has 3 unspecified atom stereocenters. The fourth-order valence-corrected chi connectivity index (χ4v) is 10.9. The van der Waals surface area contributed by atoms with Crippen molar-refractivity contribution < 1.29 is 24.2 Å². The molecule has 5 rings (SSSR count). The fraction of sp³-hybridized carbons (Fsp3) is 0.424. The van der Waals surface area contributed by atoms with Crippen LogP contribution in [0.3, 0.4) is 0 Å². The summed E-state index contributed by atoms with van der Waals surface area (Å²) in [5.74, 6) is -2.56. The standard InChI is InChI=1S/C33H36BrClN2O5S/c1-4-6-16-42-32(41)25-26-30(39)37(22(19-38)17-21-12-8-7-9-13-21)29(33(26)18-23(34)28(25)43-33)31(40)36(15-5-2)27-20(3)11-10-14-24(27)35/h4-5,7-14,22-23,25-26,28-29,38H,1-2,6,15-19H2,3H3/t22-,23?,25+,26+,28+,29?,33?/m1/s1. The van der Waals surface area contributed by atoms with E-state index in [0.717, 1.165) is 11.1 Å². The van der Waals surface area contributed by atoms with Crippen LogP contribution >= 0.6 is 39.3 Å². The number of hydrogen-bond acceptors (Lipinski definition) is 6. The Hall–Kier alpha value is -2.59. The zero-order valence-electron chi connectivity index (χ0n) is 24.0. The number of ether oxygens (including phenoxy) is 1. The number of hydrogen-bond donors (Lipinski definition) is 1. The molecular weight excluding hydrogens is 652 g/mol. The molecule has 0 saturated carbocycles. The van der Waals surface area contributed by atoms with Crippen LogP contribution < -0.4 is 4.90 Å². The third-order valence-electron chi connectivity index (χ3n) is 8.75. The van der Waals surface area contributed by atoms with Crippen LogP contribution in [-0.2, 0) is 25.5 Å². The summed E-state index contributed by atoms with van der Waals surface area (Å²) in [6.07, 6.45) is 4.67. The van der Waals surface area contributed by atoms with E-state index < -0.39 is 34.6 Å². The normalized spacial score (nSPS) is 28.0. The summed E-state index contributed by atoms with van der Waals surface area (Å²) in [5.41, 5.74) is 2.29. The number of anilines is 1. The van der Waals surface area contributed by atoms with Crippen LogP contribution in [0, 0.1) is 18.8 Å². The lowest BCUT2D eigenvalue weighted by Crippen LogP contribution is -2.58. The maximum absolute atomic E-state index is 15.0. The molecule has 0 aromatic heterocycles. The number of benzene rings is 2. The number of likely N-dealkylation sites (tertiary alicyclic amines) is 1. The SMILES string of the molecule is C=CCCOC(=O)[C@H]1[C@H]2C(=O)N([C@@H](CO)Cc3ccccc3)C(C(=O)N(CC=C)c3c(C)cccc3Cl)C23CC(Br)[C@@H]1S3. The number of alkyl halides is 1. The quantitative estimate of drug-likeness (QED) is 0.140. The molecule has 10 heteroatoms. The van der Waals surface area contributed by atoms with Gasteiger partial charge in [-0.2, -0.15) is 0 Å². The molecule has 2 aromatic carbocycles. The number of carbonyl (C=O) groups excluding carboxylic acids is 3. The summed E-state index contributed by atoms with van der Waals surface area (Å²) in [5, 5.41) is 10.9. The molecule has 2 bridgehead atoms. The van der Waals surface area contributed by atoms with Gasteiger partial charge < -0.3 is 19.6 Å². The number of para-hydroxylation sites is 1. The van der Waals surface area contributed by atoms with Gasteiger partial charge in [-0.05, 0) is 43.4 Å². The van der Waals surface area contributed by atoms with Crippen LogP contribution in [-0.4, -0.2) is 74.5 Å². The smallest absolute Gasteiger partial charge is 0.310 e. The van der Waals surface area contributed by atoms with E-state index in [1.807, 2.05) is 49.4 Å². The van der Waals surface area contributed by atoms with Gasteiger partial charge in [0.2, 0.25) is 5.91 Å². The number of carbonyl (C=O) groups is 3. The van der Waals surface area contributed by atoms with Crippen LogP contribution in [0.1, 0.15) is 24.0 Å². The van der Waals surface area contributed by atoms with Crippen molar-refractivity contribution in [2.45, 2.75) is 53.1 Å². The predicted octanol–water partition coefficient (Wildman–Crippen LogP) is 5.35. The molecule has 228 valence electrons. The number of halogens is 2. The van der Waals surface area contributed by atoms with E-state index in [1.54, 1.807) is 28.0 Å². The molecule has 2 aromatic rings. The molecule has 1 N–H and O–H groups in total. The molecule has 3 heterocycles. The first kappa shape index (κ1) is 31.8. The topological polar surface area (TPSA) is 87.1 Å². The number of aryl methyl sites for hydroxylation is 1. The number of rotatable bonds is 12. The minimum atomic E-state index is -0.956. The Labute approximate surface area is 270 Å². The van der Waals surface area contributed by atoms with Crippen LogP contribution in [0.4, 0.5) is 5.69 Å². The molecule has 3 aliphatic heterocycles. The molecule has 2 amide bonds. The zero-order chi connectivity index (χ0) is 30.9. The second-order valence-electron chi connectivity index (χ2n) is 11.3. The van der Waals surface area contributed by atoms with E-state index in [2.05, 4.69) is 29.1 Å². The summed E-state index contributed by atoms with van der Waals surface area (Å²) in [7, 11) is 0. The highest BCUT2D eigenvalue weighted by Crippen LogP contribution is 2.68. The third kappa shape index (κ3) is 5.58. The van der Waals surface area contributed by atoms with Crippen molar-refractivity contribution in [3.05, 3.63) is 90.0 Å². The number of nitrogens with zero attached hydrogens (tertiary/aromatic N) is 2. The minimum absolute atomic E-state index is 0.106. The van der Waals surface area contributed by atoms with E-state index in [0.29, 0.717) is 30.0 Å². The molecule has 43 heavy (non-hydrogen) atoms. The van der Waals surface area contributed by atoms with E-state index in [9.17, 15) is 19.5 Å². The Morgan fingerprint density at radius 1 is 1.23 bits per heavy atom. The van der Waals surface area contributed by atoms with Gasteiger partial charge in [-0.1, -0.05) is 82.1 Å². The molecule has 7 nitrogen and oxygen atoms in total. The number of thioether (sulfide) groups is 1. The van der Waals surface area contributed by atoms with Gasteiger partial charge in [0.25, 0.3) is 5.91 Å². The molecule has 1 spiro atoms. The zero-order valence-corrected chi connectivity index (χ0v) is 27.2. The van der Waals surface area contributed by atoms with E-state index in [-0.39, 0.29) is 41.6 Å². The highest BCUT2D eigenvalue weighted by Gasteiger charge is 2.76. The maximum Gasteiger partial charge on any atom is 0.310 e. The number of fused-ring (bicyclic) bond motifs is 1. The first-order valence-electron chi connectivity index (χ1n) is 14.4. The van der Waals surface area contributed by atoms with Crippen molar-refractivity contribution >= 4 is 62.8 Å². The average molecular weight is 688 g/mol. The predicted molar refractivity (Wildman–Crippen MR) is 175 cm³/mol. The fourth-order valence-electron chi connectivity index (χ4n) is 7.02. The lowest BCUT2D eigenvalue weighted by molar-refractivity contribution is -0.154. The van der Waals surface area contributed by atoms with Gasteiger partial charge in [-0.25, -0.2) is 0 Å². The average Bonchev–Trinajstić information content (AvgIpc) is 3.59. The summed E-state index contributed by atoms with van der Waals surface area (Å²) in [6, 6.07) is 13.4. The van der Waals surface area contributed by atoms with E-state index in [4.69, 9.17) is 16.3 Å². The molecule has 3 saturated heterocycles. The van der Waals surface area contributed by atoms with Crippen LogP contribution in [0.15, 0.2) is 73.8 Å². The summed E-state index contributed by atoms with van der Waals surface area (Å²) in [6.45, 7) is 9.47. The number of amides is 2. The van der Waals surface area contributed by atoms with Gasteiger partial charge in [0.05, 0.1) is 46.5 Å². The highest BCUT2D eigenvalue weighted by atomic mass is 79.9. The second kappa shape index (κ2) is 13.2. The molecule has 0 aliphatic carbocycles. The lowest BCUT2D eigenvalue weighted by atomic mass is 9.71. The van der Waals surface area contributed by atoms with Crippen molar-refractivity contribution in [2.75, 3.05) is 24.7 Å². The van der Waals surface area contributed by atoms with Crippen molar-refractivity contribution in [3.8, 4) is 0 Å². The van der Waals surface area contributed by atoms with Crippen LogP contribution in [0.2, 0.25) is 5.02 Å². The van der Waals surface area contributed by atoms with E-state index >= 15 is 0 Å². The first-order valence-corrected chi connectivity index (χ1v) is 16.6. The lowest BCUT2D eigenvalue weighted by Gasteiger charge is -2.40. The van der Waals surface area contributed by atoms with Crippen molar-refractivity contribution in [3.63, 3.8) is 0 Å². The highest BCUT2D eigenvalue weighted by molar-refractivity contribution is 9.09. The Morgan fingerprint density at radius 3 is 2.63 bits per heavy atom. The van der Waals surface area contributed by atoms with Gasteiger partial charge in [0.1, 0.15) is 6.04 Å².